The molecular formula is C12H13N5S. The third-order valence-corrected chi connectivity index (χ3v) is 2.45. The highest BCUT2D eigenvalue weighted by molar-refractivity contribution is 7.80. The van der Waals surface area contributed by atoms with E-state index in [1.807, 2.05) is 30.3 Å². The zero-order valence-electron chi connectivity index (χ0n) is 9.71. The second-order valence-electron chi connectivity index (χ2n) is 3.56. The number of rotatable bonds is 4. The number of anilines is 1. The van der Waals surface area contributed by atoms with E-state index in [9.17, 15) is 0 Å². The van der Waals surface area contributed by atoms with Crippen LogP contribution in [-0.2, 0) is 6.42 Å². The smallest absolute Gasteiger partial charge is 0.171 e. The molecule has 0 spiro atoms. The molecule has 0 amide bonds. The minimum Gasteiger partial charge on any atom is -0.362 e. The van der Waals surface area contributed by atoms with Crippen molar-refractivity contribution in [2.24, 2.45) is 0 Å². The first-order valence-corrected chi connectivity index (χ1v) is 5.98. The Labute approximate surface area is 111 Å². The van der Waals surface area contributed by atoms with E-state index in [0.717, 1.165) is 17.9 Å². The van der Waals surface area contributed by atoms with Gasteiger partial charge in [0, 0.05) is 25.4 Å². The lowest BCUT2D eigenvalue weighted by atomic mass is 10.3. The van der Waals surface area contributed by atoms with Crippen LogP contribution in [0.4, 0.5) is 5.82 Å². The van der Waals surface area contributed by atoms with Gasteiger partial charge in [0.25, 0.3) is 0 Å². The monoisotopic (exact) mass is 259 g/mol. The molecule has 6 heteroatoms. The van der Waals surface area contributed by atoms with Crippen LogP contribution in [0.25, 0.3) is 0 Å². The summed E-state index contributed by atoms with van der Waals surface area (Å²) in [6.45, 7) is 0.706. The molecule has 0 saturated carbocycles. The maximum absolute atomic E-state index is 5.15. The number of thiocarbonyl (C=S) groups is 1. The van der Waals surface area contributed by atoms with E-state index >= 15 is 0 Å². The van der Waals surface area contributed by atoms with Crippen LogP contribution in [0.1, 0.15) is 5.69 Å². The van der Waals surface area contributed by atoms with Gasteiger partial charge >= 0.3 is 0 Å². The predicted molar refractivity (Wildman–Crippen MR) is 74.2 cm³/mol. The summed E-state index contributed by atoms with van der Waals surface area (Å²) in [6.07, 6.45) is 4.15. The Morgan fingerprint density at radius 2 is 2.11 bits per heavy atom. The number of hydrogen-bond acceptors (Lipinski definition) is 4. The maximum Gasteiger partial charge on any atom is 0.171 e. The molecule has 2 aromatic heterocycles. The summed E-state index contributed by atoms with van der Waals surface area (Å²) < 4.78 is 0. The third kappa shape index (κ3) is 4.06. The summed E-state index contributed by atoms with van der Waals surface area (Å²) in [5.41, 5.74) is 0.936. The van der Waals surface area contributed by atoms with E-state index in [1.54, 1.807) is 12.4 Å². The van der Waals surface area contributed by atoms with Gasteiger partial charge in [0.2, 0.25) is 0 Å². The van der Waals surface area contributed by atoms with Crippen LogP contribution in [0, 0.1) is 0 Å². The molecular weight excluding hydrogens is 246 g/mol. The Bertz CT molecular complexity index is 488. The van der Waals surface area contributed by atoms with E-state index < -0.39 is 0 Å². The molecule has 2 N–H and O–H groups in total. The van der Waals surface area contributed by atoms with E-state index in [0.29, 0.717) is 11.7 Å². The van der Waals surface area contributed by atoms with Crippen molar-refractivity contribution in [2.75, 3.05) is 11.9 Å². The lowest BCUT2D eigenvalue weighted by Crippen LogP contribution is -2.30. The Morgan fingerprint density at radius 3 is 2.83 bits per heavy atom. The van der Waals surface area contributed by atoms with Gasteiger partial charge in [-0.25, -0.2) is 4.98 Å². The Morgan fingerprint density at radius 1 is 1.17 bits per heavy atom. The normalized spacial score (nSPS) is 9.78. The summed E-state index contributed by atoms with van der Waals surface area (Å²) in [4.78, 5) is 4.12. The second-order valence-corrected chi connectivity index (χ2v) is 3.97. The Kier molecular flexibility index (Phi) is 4.54. The molecule has 2 rings (SSSR count). The largest absolute Gasteiger partial charge is 0.362 e. The van der Waals surface area contributed by atoms with Crippen molar-refractivity contribution in [1.29, 1.82) is 0 Å². The number of nitrogens with zero attached hydrogens (tertiary/aromatic N) is 3. The van der Waals surface area contributed by atoms with Gasteiger partial charge in [-0.1, -0.05) is 6.07 Å². The fourth-order valence-electron chi connectivity index (χ4n) is 1.37. The standard InChI is InChI=1S/C12H13N5S/c18-12(16-11-5-1-2-7-13-11)14-9-6-10-4-3-8-15-17-10/h1-5,7-8H,6,9H2,(H2,13,14,16,18). The number of hydrogen-bond donors (Lipinski definition) is 2. The van der Waals surface area contributed by atoms with Gasteiger partial charge in [0.05, 0.1) is 5.69 Å². The van der Waals surface area contributed by atoms with Crippen molar-refractivity contribution in [3.8, 4) is 0 Å². The Balaban J connectivity index is 1.73. The molecule has 0 fully saturated rings. The summed E-state index contributed by atoms with van der Waals surface area (Å²) in [5.74, 6) is 0.731. The number of nitrogens with one attached hydrogen (secondary N) is 2. The highest BCUT2D eigenvalue weighted by atomic mass is 32.1. The molecule has 2 heterocycles. The topological polar surface area (TPSA) is 62.7 Å². The van der Waals surface area contributed by atoms with Crippen molar-refractivity contribution in [2.45, 2.75) is 6.42 Å². The maximum atomic E-state index is 5.15. The average Bonchev–Trinajstić information content (AvgIpc) is 2.41. The molecule has 0 aliphatic heterocycles. The van der Waals surface area contributed by atoms with Gasteiger partial charge in [0.1, 0.15) is 5.82 Å². The summed E-state index contributed by atoms with van der Waals surface area (Å²) in [7, 11) is 0. The van der Waals surface area contributed by atoms with E-state index in [1.165, 1.54) is 0 Å². The fourth-order valence-corrected chi connectivity index (χ4v) is 1.57. The number of pyridine rings is 1. The molecule has 5 nitrogen and oxygen atoms in total. The molecule has 0 radical (unpaired) electrons. The van der Waals surface area contributed by atoms with Gasteiger partial charge in [-0.15, -0.1) is 0 Å². The first kappa shape index (κ1) is 12.4. The van der Waals surface area contributed by atoms with Gasteiger partial charge in [-0.05, 0) is 36.5 Å². The molecule has 92 valence electrons. The van der Waals surface area contributed by atoms with Crippen LogP contribution in [0.2, 0.25) is 0 Å². The highest BCUT2D eigenvalue weighted by Gasteiger charge is 1.98. The average molecular weight is 259 g/mol. The second kappa shape index (κ2) is 6.61. The van der Waals surface area contributed by atoms with Gasteiger partial charge in [-0.3, -0.25) is 0 Å². The van der Waals surface area contributed by atoms with E-state index in [-0.39, 0.29) is 0 Å². The van der Waals surface area contributed by atoms with Gasteiger partial charge < -0.3 is 10.6 Å². The molecule has 0 aromatic carbocycles. The SMILES string of the molecule is S=C(NCCc1cccnn1)Nc1ccccn1. The third-order valence-electron chi connectivity index (χ3n) is 2.20. The number of aromatic nitrogens is 3. The van der Waals surface area contributed by atoms with Crippen LogP contribution in [0.3, 0.4) is 0 Å². The summed E-state index contributed by atoms with van der Waals surface area (Å²) in [6, 6.07) is 9.42. The van der Waals surface area contributed by atoms with Crippen molar-refractivity contribution in [1.82, 2.24) is 20.5 Å². The predicted octanol–water partition coefficient (Wildman–Crippen LogP) is 1.40. The zero-order valence-corrected chi connectivity index (χ0v) is 10.5. The Hall–Kier alpha value is -2.08. The highest BCUT2D eigenvalue weighted by Crippen LogP contribution is 1.99. The molecule has 0 aliphatic carbocycles. The lowest BCUT2D eigenvalue weighted by molar-refractivity contribution is 0.817. The first-order chi connectivity index (χ1) is 8.84. The van der Waals surface area contributed by atoms with E-state index in [2.05, 4.69) is 25.8 Å². The molecule has 0 bridgehead atoms. The molecule has 0 aliphatic rings. The first-order valence-electron chi connectivity index (χ1n) is 5.57. The molecule has 2 aromatic rings. The lowest BCUT2D eigenvalue weighted by Gasteiger charge is -2.08. The molecule has 0 saturated heterocycles. The van der Waals surface area contributed by atoms with Gasteiger partial charge in [-0.2, -0.15) is 10.2 Å². The van der Waals surface area contributed by atoms with Crippen molar-refractivity contribution < 1.29 is 0 Å². The summed E-state index contributed by atoms with van der Waals surface area (Å²) in [5, 5.41) is 14.5. The van der Waals surface area contributed by atoms with E-state index in [4.69, 9.17) is 12.2 Å². The van der Waals surface area contributed by atoms with Crippen LogP contribution >= 0.6 is 12.2 Å². The van der Waals surface area contributed by atoms with Crippen LogP contribution in [0.15, 0.2) is 42.7 Å². The fraction of sp³-hybridized carbons (Fsp3) is 0.167. The van der Waals surface area contributed by atoms with Crippen molar-refractivity contribution >= 4 is 23.1 Å². The minimum absolute atomic E-state index is 0.553. The zero-order chi connectivity index (χ0) is 12.6. The van der Waals surface area contributed by atoms with Crippen molar-refractivity contribution in [3.05, 3.63) is 48.4 Å². The quantitative estimate of drug-likeness (QED) is 0.809. The molecule has 0 atom stereocenters. The van der Waals surface area contributed by atoms with Crippen LogP contribution < -0.4 is 10.6 Å². The van der Waals surface area contributed by atoms with Gasteiger partial charge in [0.15, 0.2) is 5.11 Å². The van der Waals surface area contributed by atoms with Crippen LogP contribution in [-0.4, -0.2) is 26.8 Å². The molecule has 0 unspecified atom stereocenters. The molecule has 18 heavy (non-hydrogen) atoms. The van der Waals surface area contributed by atoms with Crippen molar-refractivity contribution in [3.63, 3.8) is 0 Å². The van der Waals surface area contributed by atoms with Crippen LogP contribution in [0.5, 0.6) is 0 Å². The summed E-state index contributed by atoms with van der Waals surface area (Å²) >= 11 is 5.15. The minimum atomic E-state index is 0.553.